The molecule has 0 heterocycles. The second-order valence-electron chi connectivity index (χ2n) is 3.46. The lowest BCUT2D eigenvalue weighted by Gasteiger charge is -2.24. The van der Waals surface area contributed by atoms with Crippen LogP contribution in [0.25, 0.3) is 0 Å². The molecule has 0 saturated carbocycles. The zero-order chi connectivity index (χ0) is 9.89. The van der Waals surface area contributed by atoms with Crippen LogP contribution in [0.15, 0.2) is 0 Å². The van der Waals surface area contributed by atoms with E-state index in [1.54, 1.807) is 6.92 Å². The highest BCUT2D eigenvalue weighted by Gasteiger charge is 2.28. The monoisotopic (exact) mass is 175 g/mol. The largest absolute Gasteiger partial charge is 0.480 e. The van der Waals surface area contributed by atoms with Crippen LogP contribution in [0.2, 0.25) is 0 Å². The van der Waals surface area contributed by atoms with Crippen LogP contribution in [0.1, 0.15) is 20.8 Å². The molecule has 4 nitrogen and oxygen atoms in total. The van der Waals surface area contributed by atoms with E-state index in [0.29, 0.717) is 0 Å². The molecule has 4 N–H and O–H groups in total. The summed E-state index contributed by atoms with van der Waals surface area (Å²) in [5.74, 6) is -1.03. The molecule has 0 amide bonds. The number of nitrogens with two attached hydrogens (primary N) is 1. The number of aliphatic hydroxyl groups is 1. The van der Waals surface area contributed by atoms with Gasteiger partial charge in [-0.15, -0.1) is 0 Å². The summed E-state index contributed by atoms with van der Waals surface area (Å²) in [7, 11) is 0. The van der Waals surface area contributed by atoms with E-state index in [9.17, 15) is 9.90 Å². The third-order valence-electron chi connectivity index (χ3n) is 2.24. The number of carboxylic acid groups (broad SMARTS) is 1. The van der Waals surface area contributed by atoms with Crippen LogP contribution in [-0.2, 0) is 4.79 Å². The fourth-order valence-electron chi connectivity index (χ4n) is 0.867. The Hall–Kier alpha value is -0.610. The van der Waals surface area contributed by atoms with Gasteiger partial charge in [0.2, 0.25) is 0 Å². The van der Waals surface area contributed by atoms with Gasteiger partial charge < -0.3 is 15.9 Å². The molecule has 0 aromatic carbocycles. The molecule has 0 aliphatic carbocycles. The summed E-state index contributed by atoms with van der Waals surface area (Å²) in [5, 5.41) is 17.9. The Bertz CT molecular complexity index is 158. The van der Waals surface area contributed by atoms with E-state index in [1.165, 1.54) is 0 Å². The van der Waals surface area contributed by atoms with Gasteiger partial charge in [-0.1, -0.05) is 20.8 Å². The van der Waals surface area contributed by atoms with Gasteiger partial charge in [0.15, 0.2) is 0 Å². The van der Waals surface area contributed by atoms with E-state index < -0.39 is 18.1 Å². The Morgan fingerprint density at radius 3 is 2.00 bits per heavy atom. The molecule has 0 spiro atoms. The van der Waals surface area contributed by atoms with Crippen molar-refractivity contribution in [3.63, 3.8) is 0 Å². The number of carboxylic acids is 1. The molecule has 0 unspecified atom stereocenters. The summed E-state index contributed by atoms with van der Waals surface area (Å²) in [6.07, 6.45) is -0.970. The summed E-state index contributed by atoms with van der Waals surface area (Å²) in [6.45, 7) is 5.63. The van der Waals surface area contributed by atoms with Gasteiger partial charge in [0.25, 0.3) is 0 Å². The Morgan fingerprint density at radius 2 is 1.75 bits per heavy atom. The Morgan fingerprint density at radius 1 is 1.33 bits per heavy atom. The molecule has 0 bridgehead atoms. The number of hydrogen-bond acceptors (Lipinski definition) is 3. The quantitative estimate of drug-likeness (QED) is 0.563. The molecule has 0 fully saturated rings. The first-order valence-electron chi connectivity index (χ1n) is 4.04. The van der Waals surface area contributed by atoms with Crippen LogP contribution in [0.4, 0.5) is 0 Å². The topological polar surface area (TPSA) is 83.5 Å². The van der Waals surface area contributed by atoms with Crippen molar-refractivity contribution in [1.82, 2.24) is 0 Å². The van der Waals surface area contributed by atoms with Gasteiger partial charge in [-0.25, -0.2) is 0 Å². The predicted molar refractivity (Wildman–Crippen MR) is 45.6 cm³/mol. The highest BCUT2D eigenvalue weighted by Crippen LogP contribution is 2.16. The Balaban J connectivity index is 4.18. The zero-order valence-corrected chi connectivity index (χ0v) is 7.69. The highest BCUT2D eigenvalue weighted by molar-refractivity contribution is 5.73. The van der Waals surface area contributed by atoms with Gasteiger partial charge in [-0.05, 0) is 11.8 Å². The van der Waals surface area contributed by atoms with Crippen LogP contribution >= 0.6 is 0 Å². The van der Waals surface area contributed by atoms with Gasteiger partial charge in [0, 0.05) is 0 Å². The summed E-state index contributed by atoms with van der Waals surface area (Å²) in [5.41, 5.74) is 5.25. The summed E-state index contributed by atoms with van der Waals surface area (Å²) < 4.78 is 0. The lowest BCUT2D eigenvalue weighted by Crippen LogP contribution is -2.46. The third-order valence-corrected chi connectivity index (χ3v) is 2.24. The molecular formula is C8H17NO3. The normalized spacial score (nSPS) is 18.8. The van der Waals surface area contributed by atoms with Crippen LogP contribution in [0.3, 0.4) is 0 Å². The highest BCUT2D eigenvalue weighted by atomic mass is 16.4. The maximum absolute atomic E-state index is 10.4. The first kappa shape index (κ1) is 11.4. The molecule has 0 saturated heterocycles. The van der Waals surface area contributed by atoms with Crippen molar-refractivity contribution in [2.75, 3.05) is 0 Å². The first-order chi connectivity index (χ1) is 5.37. The van der Waals surface area contributed by atoms with E-state index in [2.05, 4.69) is 0 Å². The van der Waals surface area contributed by atoms with Gasteiger partial charge >= 0.3 is 5.97 Å². The lowest BCUT2D eigenvalue weighted by atomic mass is 9.88. The van der Waals surface area contributed by atoms with Crippen molar-refractivity contribution >= 4 is 5.97 Å². The smallest absolute Gasteiger partial charge is 0.323 e. The maximum Gasteiger partial charge on any atom is 0.323 e. The van der Waals surface area contributed by atoms with Crippen molar-refractivity contribution in [2.24, 2.45) is 17.6 Å². The summed E-state index contributed by atoms with van der Waals surface area (Å²) >= 11 is 0. The molecule has 72 valence electrons. The van der Waals surface area contributed by atoms with Gasteiger partial charge in [0.1, 0.15) is 6.04 Å². The minimum absolute atomic E-state index is 0.101. The minimum atomic E-state index is -1.18. The molecule has 0 rings (SSSR count). The van der Waals surface area contributed by atoms with Crippen molar-refractivity contribution in [2.45, 2.75) is 32.9 Å². The van der Waals surface area contributed by atoms with E-state index >= 15 is 0 Å². The molecule has 0 aromatic rings. The molecular weight excluding hydrogens is 158 g/mol. The average molecular weight is 175 g/mol. The van der Waals surface area contributed by atoms with Crippen molar-refractivity contribution in [1.29, 1.82) is 0 Å². The second-order valence-corrected chi connectivity index (χ2v) is 3.46. The van der Waals surface area contributed by atoms with Gasteiger partial charge in [-0.3, -0.25) is 4.79 Å². The number of carbonyl (C=O) groups is 1. The molecule has 12 heavy (non-hydrogen) atoms. The van der Waals surface area contributed by atoms with Crippen LogP contribution in [-0.4, -0.2) is 28.3 Å². The molecule has 0 aliphatic heterocycles. The summed E-state index contributed by atoms with van der Waals surface area (Å²) in [6, 6.07) is -1.18. The average Bonchev–Trinajstić information content (AvgIpc) is 2.00. The standard InChI is InChI=1S/C8H17NO3/c1-4(2)5(3)7(10)6(9)8(11)12/h4-7,10H,9H2,1-3H3,(H,11,12)/t5-,6-,7-/m1/s1. The Labute approximate surface area is 72.4 Å². The zero-order valence-electron chi connectivity index (χ0n) is 7.69. The molecule has 4 heteroatoms. The van der Waals surface area contributed by atoms with Crippen LogP contribution in [0.5, 0.6) is 0 Å². The first-order valence-corrected chi connectivity index (χ1v) is 4.04. The maximum atomic E-state index is 10.4. The second kappa shape index (κ2) is 4.42. The molecule has 0 aromatic heterocycles. The number of aliphatic hydroxyl groups excluding tert-OH is 1. The number of hydrogen-bond donors (Lipinski definition) is 3. The molecule has 0 radical (unpaired) electrons. The lowest BCUT2D eigenvalue weighted by molar-refractivity contribution is -0.142. The predicted octanol–water partition coefficient (Wildman–Crippen LogP) is 0.0513. The minimum Gasteiger partial charge on any atom is -0.480 e. The Kier molecular flexibility index (Phi) is 4.20. The van der Waals surface area contributed by atoms with Crippen molar-refractivity contribution < 1.29 is 15.0 Å². The van der Waals surface area contributed by atoms with Crippen LogP contribution < -0.4 is 5.73 Å². The SMILES string of the molecule is CC(C)[C@@H](C)[C@@H](O)[C@@H](N)C(=O)O. The van der Waals surface area contributed by atoms with E-state index in [-0.39, 0.29) is 11.8 Å². The number of rotatable bonds is 4. The van der Waals surface area contributed by atoms with Gasteiger partial charge in [0.05, 0.1) is 6.10 Å². The third kappa shape index (κ3) is 2.79. The van der Waals surface area contributed by atoms with Gasteiger partial charge in [-0.2, -0.15) is 0 Å². The fraction of sp³-hybridized carbons (Fsp3) is 0.875. The van der Waals surface area contributed by atoms with Crippen molar-refractivity contribution in [3.05, 3.63) is 0 Å². The fourth-order valence-corrected chi connectivity index (χ4v) is 0.867. The summed E-state index contributed by atoms with van der Waals surface area (Å²) in [4.78, 5) is 10.4. The molecule has 3 atom stereocenters. The van der Waals surface area contributed by atoms with E-state index in [4.69, 9.17) is 10.8 Å². The van der Waals surface area contributed by atoms with E-state index in [1.807, 2.05) is 13.8 Å². The van der Waals surface area contributed by atoms with Crippen molar-refractivity contribution in [3.8, 4) is 0 Å². The van der Waals surface area contributed by atoms with Crippen LogP contribution in [0, 0.1) is 11.8 Å². The molecule has 0 aliphatic rings. The van der Waals surface area contributed by atoms with E-state index in [0.717, 1.165) is 0 Å². The number of aliphatic carboxylic acids is 1.